The number of carboxylic acids is 2. The Labute approximate surface area is 173 Å². The van der Waals surface area contributed by atoms with E-state index in [0.717, 1.165) is 0 Å². The van der Waals surface area contributed by atoms with Crippen molar-refractivity contribution in [2.75, 3.05) is 0 Å². The smallest absolute Gasteiger partial charge is 0.859 e. The summed E-state index contributed by atoms with van der Waals surface area (Å²) in [5, 5.41) is 56.7. The van der Waals surface area contributed by atoms with Crippen LogP contribution in [0.15, 0.2) is 12.1 Å². The molecular formula is C10H4Li4N2O6. The zero-order valence-corrected chi connectivity index (χ0v) is 12.6. The molecule has 2 N–H and O–H groups in total. The Morgan fingerprint density at radius 2 is 0.864 bits per heavy atom. The van der Waals surface area contributed by atoms with E-state index in [2.05, 4.69) is 0 Å². The van der Waals surface area contributed by atoms with Crippen LogP contribution in [0, 0.1) is 10.8 Å². The molecule has 0 saturated heterocycles. The summed E-state index contributed by atoms with van der Waals surface area (Å²) in [5.74, 6) is -6.64. The monoisotopic (exact) mass is 276 g/mol. The van der Waals surface area contributed by atoms with Crippen molar-refractivity contribution in [2.45, 2.75) is 0 Å². The van der Waals surface area contributed by atoms with E-state index < -0.39 is 46.0 Å². The summed E-state index contributed by atoms with van der Waals surface area (Å²) in [7, 11) is 0. The molecule has 0 heterocycles. The van der Waals surface area contributed by atoms with E-state index in [1.807, 2.05) is 0 Å². The third-order valence-electron chi connectivity index (χ3n) is 2.09. The molecule has 0 spiro atoms. The van der Waals surface area contributed by atoms with E-state index in [1.165, 1.54) is 0 Å². The summed E-state index contributed by atoms with van der Waals surface area (Å²) in [4.78, 5) is 21.4. The molecule has 1 rings (SSSR count). The molecule has 22 heavy (non-hydrogen) atoms. The normalized spacial score (nSPS) is 8.00. The van der Waals surface area contributed by atoms with Gasteiger partial charge in [-0.3, -0.25) is 0 Å². The zero-order chi connectivity index (χ0) is 14.0. The van der Waals surface area contributed by atoms with Gasteiger partial charge in [-0.05, 0) is 35.1 Å². The van der Waals surface area contributed by atoms with Gasteiger partial charge in [0.05, 0.1) is 11.9 Å². The summed E-state index contributed by atoms with van der Waals surface area (Å²) in [6.45, 7) is 0. The molecule has 0 amide bonds. The molecule has 8 nitrogen and oxygen atoms in total. The molecule has 94 valence electrons. The van der Waals surface area contributed by atoms with E-state index in [4.69, 9.17) is 10.8 Å². The van der Waals surface area contributed by atoms with Crippen molar-refractivity contribution >= 4 is 23.7 Å². The largest absolute Gasteiger partial charge is 1.00 e. The second kappa shape index (κ2) is 12.0. The third-order valence-corrected chi connectivity index (χ3v) is 2.09. The minimum Gasteiger partial charge on any atom is -0.859 e. The maximum atomic E-state index is 10.9. The first-order valence-corrected chi connectivity index (χ1v) is 4.38. The summed E-state index contributed by atoms with van der Waals surface area (Å²) in [6.07, 6.45) is 0. The molecule has 0 bridgehead atoms. The second-order valence-corrected chi connectivity index (χ2v) is 3.18. The maximum absolute atomic E-state index is 10.9. The summed E-state index contributed by atoms with van der Waals surface area (Å²) in [6, 6.07) is 1.02. The minimum absolute atomic E-state index is 0. The van der Waals surface area contributed by atoms with E-state index in [1.54, 1.807) is 0 Å². The number of hydrogen-bond acceptors (Lipinski definition) is 8. The number of rotatable bonds is 4. The fraction of sp³-hybridized carbons (Fsp3) is 0. The van der Waals surface area contributed by atoms with Crippen LogP contribution in [0.5, 0.6) is 0 Å². The standard InChI is InChI=1S/C10H8N2O6.4Li/c11-7(13)3-1-4(8(12)14)6(10(17)18)2-5(3)9(15)16;;;;/h1-2H,(H2,11,13)(H2,12,14)(H,15,16)(H,17,18);;;;/q;4*+1/p-4. The molecule has 0 aliphatic rings. The third kappa shape index (κ3) is 6.72. The van der Waals surface area contributed by atoms with Gasteiger partial charge in [-0.2, -0.15) is 0 Å². The van der Waals surface area contributed by atoms with Gasteiger partial charge in [-0.15, -0.1) is 0 Å². The van der Waals surface area contributed by atoms with Gasteiger partial charge in [0.25, 0.3) is 0 Å². The van der Waals surface area contributed by atoms with Crippen LogP contribution in [-0.2, 0) is 0 Å². The van der Waals surface area contributed by atoms with E-state index >= 15 is 0 Å². The summed E-state index contributed by atoms with van der Waals surface area (Å²) >= 11 is 0. The Bertz CT molecular complexity index is 495. The number of nitrogens with one attached hydrogen (secondary N) is 2. The molecular weight excluding hydrogens is 272 g/mol. The quantitative estimate of drug-likeness (QED) is 0.313. The number of carbonyl (C=O) groups excluding carboxylic acids is 2. The van der Waals surface area contributed by atoms with Gasteiger partial charge in [-0.1, -0.05) is 0 Å². The molecule has 0 unspecified atom stereocenters. The van der Waals surface area contributed by atoms with Crippen molar-refractivity contribution < 1.29 is 105 Å². The Morgan fingerprint density at radius 1 is 0.636 bits per heavy atom. The van der Waals surface area contributed by atoms with E-state index in [9.17, 15) is 30.0 Å². The Balaban J connectivity index is -0.000000405. The molecule has 12 heteroatoms. The molecule has 0 saturated carbocycles. The number of aromatic carboxylic acids is 2. The van der Waals surface area contributed by atoms with Gasteiger partial charge < -0.3 is 40.8 Å². The molecule has 0 fully saturated rings. The van der Waals surface area contributed by atoms with Crippen LogP contribution in [0.4, 0.5) is 0 Å². The number of hydrogen-bond donors (Lipinski definition) is 2. The minimum atomic E-state index is -1.88. The molecule has 0 aliphatic heterocycles. The first kappa shape index (κ1) is 29.5. The van der Waals surface area contributed by atoms with Crippen molar-refractivity contribution in [1.82, 2.24) is 0 Å². The molecule has 0 radical (unpaired) electrons. The van der Waals surface area contributed by atoms with Gasteiger partial charge in [-0.25, -0.2) is 0 Å². The maximum Gasteiger partial charge on any atom is 1.00 e. The number of carboxylic acid groups (broad SMARTS) is 2. The zero-order valence-electron chi connectivity index (χ0n) is 12.6. The predicted octanol–water partition coefficient (Wildman–Crippen LogP) is -16.2. The topological polar surface area (TPSA) is 174 Å². The average Bonchev–Trinajstić information content (AvgIpc) is 2.26. The van der Waals surface area contributed by atoms with Crippen LogP contribution in [0.25, 0.3) is 0 Å². The van der Waals surface area contributed by atoms with Crippen LogP contribution in [0.3, 0.4) is 0 Å². The SMILES string of the molecule is N=C([O-])c1cc(C(=N)[O-])c(C(=O)[O-])cc1C(=O)[O-].[Li+].[Li+].[Li+].[Li+]. The molecule has 1 aromatic rings. The van der Waals surface area contributed by atoms with Gasteiger partial charge in [0, 0.05) is 11.1 Å². The van der Waals surface area contributed by atoms with Crippen LogP contribution < -0.4 is 95.9 Å². The van der Waals surface area contributed by atoms with Crippen LogP contribution in [0.1, 0.15) is 31.8 Å². The van der Waals surface area contributed by atoms with Gasteiger partial charge >= 0.3 is 75.4 Å². The van der Waals surface area contributed by atoms with Crippen LogP contribution >= 0.6 is 0 Å². The van der Waals surface area contributed by atoms with Crippen LogP contribution in [0.2, 0.25) is 0 Å². The summed E-state index contributed by atoms with van der Waals surface area (Å²) < 4.78 is 0. The Morgan fingerprint density at radius 3 is 1.05 bits per heavy atom. The van der Waals surface area contributed by atoms with E-state index in [0.29, 0.717) is 12.1 Å². The van der Waals surface area contributed by atoms with Crippen molar-refractivity contribution in [3.05, 3.63) is 34.4 Å². The van der Waals surface area contributed by atoms with Gasteiger partial charge in [0.2, 0.25) is 0 Å². The van der Waals surface area contributed by atoms with Crippen LogP contribution in [-0.4, -0.2) is 23.7 Å². The molecule has 0 atom stereocenters. The van der Waals surface area contributed by atoms with Gasteiger partial charge in [0.1, 0.15) is 0 Å². The Hall–Kier alpha value is -0.510. The first-order chi connectivity index (χ1) is 8.25. The van der Waals surface area contributed by atoms with Crippen molar-refractivity contribution in [3.8, 4) is 0 Å². The van der Waals surface area contributed by atoms with E-state index in [-0.39, 0.29) is 75.4 Å². The van der Waals surface area contributed by atoms with Crippen molar-refractivity contribution in [1.29, 1.82) is 10.8 Å². The second-order valence-electron chi connectivity index (χ2n) is 3.18. The number of carbonyl (C=O) groups is 2. The summed E-state index contributed by atoms with van der Waals surface area (Å²) in [5.41, 5.74) is -3.15. The predicted molar refractivity (Wildman–Crippen MR) is 48.8 cm³/mol. The van der Waals surface area contributed by atoms with Crippen molar-refractivity contribution in [2.24, 2.45) is 0 Å². The van der Waals surface area contributed by atoms with Gasteiger partial charge in [0.15, 0.2) is 0 Å². The molecule has 0 aromatic heterocycles. The fourth-order valence-corrected chi connectivity index (χ4v) is 1.31. The Kier molecular flexibility index (Phi) is 16.1. The molecule has 1 aromatic carbocycles. The fourth-order valence-electron chi connectivity index (χ4n) is 1.31. The first-order valence-electron chi connectivity index (χ1n) is 4.38. The average molecular weight is 276 g/mol. The number of benzene rings is 1. The molecule has 0 aliphatic carbocycles. The van der Waals surface area contributed by atoms with Crippen molar-refractivity contribution in [3.63, 3.8) is 0 Å².